The number of amides is 1. The zero-order valence-corrected chi connectivity index (χ0v) is 11.7. The first-order chi connectivity index (χ1) is 8.71. The maximum atomic E-state index is 11.8. The first kappa shape index (κ1) is 15.7. The number of hydrogen-bond donors (Lipinski definition) is 4. The molecule has 1 saturated heterocycles. The molecule has 0 aliphatic carbocycles. The van der Waals surface area contributed by atoms with Crippen LogP contribution in [-0.4, -0.2) is 58.0 Å². The molecule has 1 aliphatic heterocycles. The average molecular weight is 293 g/mol. The van der Waals surface area contributed by atoms with E-state index in [0.717, 1.165) is 7.11 Å². The van der Waals surface area contributed by atoms with Crippen molar-refractivity contribution < 1.29 is 17.9 Å². The van der Waals surface area contributed by atoms with Crippen molar-refractivity contribution in [3.8, 4) is 0 Å². The molecule has 1 rings (SSSR count). The minimum atomic E-state index is -4.13. The number of piperidine rings is 1. The lowest BCUT2D eigenvalue weighted by atomic mass is 9.88. The average Bonchev–Trinajstić information content (AvgIpc) is 2.31. The van der Waals surface area contributed by atoms with Gasteiger partial charge in [-0.1, -0.05) is 0 Å². The number of carbonyl (C=O) groups is 1. The molecule has 19 heavy (non-hydrogen) atoms. The predicted molar refractivity (Wildman–Crippen MR) is 69.0 cm³/mol. The Labute approximate surface area is 112 Å². The molecule has 0 unspecified atom stereocenters. The van der Waals surface area contributed by atoms with Gasteiger partial charge >= 0.3 is 16.3 Å². The van der Waals surface area contributed by atoms with Crippen LogP contribution >= 0.6 is 0 Å². The Balaban J connectivity index is 2.85. The molecule has 0 aromatic carbocycles. The van der Waals surface area contributed by atoms with Crippen molar-refractivity contribution in [1.29, 1.82) is 5.41 Å². The summed E-state index contributed by atoms with van der Waals surface area (Å²) in [5.74, 6) is -0.268. The van der Waals surface area contributed by atoms with Crippen molar-refractivity contribution in [2.24, 2.45) is 5.73 Å². The van der Waals surface area contributed by atoms with Crippen LogP contribution in [0.5, 0.6) is 0 Å². The number of ether oxygens (including phenoxy) is 1. The van der Waals surface area contributed by atoms with E-state index in [1.165, 1.54) is 0 Å². The standard InChI is InChI=1S/C9H19N5O4S/c1-14-5-3-9(4-6-14,7(10)11)13-19(16,17)12-8(15)18-2/h13H,3-6H2,1-2H3,(H3,10,11)(H,12,15). The molecule has 0 radical (unpaired) electrons. The van der Waals surface area contributed by atoms with Gasteiger partial charge in [0.05, 0.1) is 12.6 Å². The topological polar surface area (TPSA) is 138 Å². The zero-order valence-electron chi connectivity index (χ0n) is 10.9. The molecule has 1 amide bonds. The van der Waals surface area contributed by atoms with E-state index in [4.69, 9.17) is 11.1 Å². The van der Waals surface area contributed by atoms with Crippen LogP contribution < -0.4 is 15.2 Å². The number of likely N-dealkylation sites (tertiary alicyclic amines) is 1. The second kappa shape index (κ2) is 5.72. The maximum Gasteiger partial charge on any atom is 0.421 e. The second-order valence-corrected chi connectivity index (χ2v) is 5.91. The first-order valence-corrected chi connectivity index (χ1v) is 7.12. The minimum absolute atomic E-state index is 0.268. The number of hydrogen-bond acceptors (Lipinski definition) is 6. The summed E-state index contributed by atoms with van der Waals surface area (Å²) in [7, 11) is -1.18. The fraction of sp³-hybridized carbons (Fsp3) is 0.778. The van der Waals surface area contributed by atoms with E-state index in [1.54, 1.807) is 4.72 Å². The molecule has 10 heteroatoms. The Hall–Kier alpha value is -1.39. The lowest BCUT2D eigenvalue weighted by Gasteiger charge is -2.39. The van der Waals surface area contributed by atoms with Crippen molar-refractivity contribution in [2.45, 2.75) is 18.4 Å². The molecule has 110 valence electrons. The van der Waals surface area contributed by atoms with Crippen LogP contribution in [0.3, 0.4) is 0 Å². The summed E-state index contributed by atoms with van der Waals surface area (Å²) in [6.45, 7) is 1.20. The van der Waals surface area contributed by atoms with Crippen molar-refractivity contribution in [3.63, 3.8) is 0 Å². The van der Waals surface area contributed by atoms with E-state index in [0.29, 0.717) is 25.9 Å². The molecule has 0 bridgehead atoms. The highest BCUT2D eigenvalue weighted by atomic mass is 32.2. The number of amidine groups is 1. The number of methoxy groups -OCH3 is 1. The number of nitrogens with zero attached hydrogens (tertiary/aromatic N) is 1. The molecule has 0 aromatic heterocycles. The maximum absolute atomic E-state index is 11.8. The van der Waals surface area contributed by atoms with Gasteiger partial charge in [0.2, 0.25) is 0 Å². The van der Waals surface area contributed by atoms with Crippen LogP contribution in [0, 0.1) is 5.41 Å². The molecular weight excluding hydrogens is 274 g/mol. The number of rotatable bonds is 4. The van der Waals surface area contributed by atoms with Gasteiger partial charge in [-0.3, -0.25) is 5.41 Å². The Morgan fingerprint density at radius 2 is 1.95 bits per heavy atom. The van der Waals surface area contributed by atoms with Gasteiger partial charge in [0.1, 0.15) is 5.84 Å². The molecule has 0 aromatic rings. The van der Waals surface area contributed by atoms with Gasteiger partial charge in [-0.05, 0) is 19.9 Å². The predicted octanol–water partition coefficient (Wildman–Crippen LogP) is -1.42. The highest BCUT2D eigenvalue weighted by Gasteiger charge is 2.40. The van der Waals surface area contributed by atoms with Crippen molar-refractivity contribution >= 4 is 22.1 Å². The van der Waals surface area contributed by atoms with Crippen LogP contribution in [-0.2, 0) is 14.9 Å². The molecule has 1 aliphatic rings. The summed E-state index contributed by atoms with van der Waals surface area (Å²) in [5, 5.41) is 7.60. The Bertz CT molecular complexity index is 455. The Morgan fingerprint density at radius 3 is 2.37 bits per heavy atom. The SMILES string of the molecule is COC(=O)NS(=O)(=O)NC1(C(=N)N)CCN(C)CC1. The summed E-state index contributed by atoms with van der Waals surface area (Å²) < 4.78 is 31.7. The number of carbonyl (C=O) groups excluding carboxylic acids is 1. The van der Waals surface area contributed by atoms with Crippen molar-refractivity contribution in [3.05, 3.63) is 0 Å². The van der Waals surface area contributed by atoms with Gasteiger partial charge in [-0.15, -0.1) is 0 Å². The smallest absolute Gasteiger partial charge is 0.421 e. The largest absolute Gasteiger partial charge is 0.452 e. The van der Waals surface area contributed by atoms with E-state index in [-0.39, 0.29) is 5.84 Å². The van der Waals surface area contributed by atoms with Gasteiger partial charge in [-0.25, -0.2) is 9.52 Å². The lowest BCUT2D eigenvalue weighted by molar-refractivity contribution is 0.177. The van der Waals surface area contributed by atoms with Crippen LogP contribution in [0.25, 0.3) is 0 Å². The summed E-state index contributed by atoms with van der Waals surface area (Å²) in [5.41, 5.74) is 4.35. The monoisotopic (exact) mass is 293 g/mol. The minimum Gasteiger partial charge on any atom is -0.452 e. The number of nitrogens with two attached hydrogens (primary N) is 1. The summed E-state index contributed by atoms with van der Waals surface area (Å²) in [6, 6.07) is 0. The fourth-order valence-electron chi connectivity index (χ4n) is 1.86. The lowest BCUT2D eigenvalue weighted by Crippen LogP contribution is -2.63. The third-order valence-electron chi connectivity index (χ3n) is 3.09. The van der Waals surface area contributed by atoms with E-state index in [2.05, 4.69) is 9.46 Å². The normalized spacial score (nSPS) is 19.7. The van der Waals surface area contributed by atoms with Crippen LogP contribution in [0.1, 0.15) is 12.8 Å². The molecule has 0 atom stereocenters. The van der Waals surface area contributed by atoms with Gasteiger partial charge in [0.15, 0.2) is 0 Å². The van der Waals surface area contributed by atoms with E-state index >= 15 is 0 Å². The first-order valence-electron chi connectivity index (χ1n) is 5.63. The summed E-state index contributed by atoms with van der Waals surface area (Å²) in [4.78, 5) is 13.0. The van der Waals surface area contributed by atoms with E-state index < -0.39 is 21.8 Å². The molecule has 5 N–H and O–H groups in total. The van der Waals surface area contributed by atoms with Crippen molar-refractivity contribution in [1.82, 2.24) is 14.3 Å². The summed E-state index contributed by atoms with van der Waals surface area (Å²) in [6.07, 6.45) is -0.374. The zero-order chi connectivity index (χ0) is 14.7. The van der Waals surface area contributed by atoms with Crippen molar-refractivity contribution in [2.75, 3.05) is 27.2 Å². The van der Waals surface area contributed by atoms with Gasteiger partial charge in [0, 0.05) is 13.1 Å². The Morgan fingerprint density at radius 1 is 1.42 bits per heavy atom. The molecule has 1 heterocycles. The van der Waals surface area contributed by atoms with Gasteiger partial charge < -0.3 is 15.4 Å². The van der Waals surface area contributed by atoms with Gasteiger partial charge in [0.25, 0.3) is 0 Å². The number of nitrogens with one attached hydrogen (secondary N) is 3. The molecule has 0 saturated carbocycles. The highest BCUT2D eigenvalue weighted by Crippen LogP contribution is 2.22. The fourth-order valence-corrected chi connectivity index (χ4v) is 3.04. The van der Waals surface area contributed by atoms with Crippen LogP contribution in [0.2, 0.25) is 0 Å². The molecule has 1 fully saturated rings. The summed E-state index contributed by atoms with van der Waals surface area (Å²) >= 11 is 0. The molecule has 9 nitrogen and oxygen atoms in total. The van der Waals surface area contributed by atoms with E-state index in [1.807, 2.05) is 11.9 Å². The van der Waals surface area contributed by atoms with Crippen LogP contribution in [0.4, 0.5) is 4.79 Å². The molecule has 0 spiro atoms. The Kier molecular flexibility index (Phi) is 4.71. The third kappa shape index (κ3) is 4.04. The van der Waals surface area contributed by atoms with Crippen LogP contribution in [0.15, 0.2) is 0 Å². The van der Waals surface area contributed by atoms with E-state index in [9.17, 15) is 13.2 Å². The third-order valence-corrected chi connectivity index (χ3v) is 4.18. The highest BCUT2D eigenvalue weighted by molar-refractivity contribution is 7.88. The quantitative estimate of drug-likeness (QED) is 0.370. The second-order valence-electron chi connectivity index (χ2n) is 4.50. The molecular formula is C9H19N5O4S. The van der Waals surface area contributed by atoms with Gasteiger partial charge in [-0.2, -0.15) is 13.1 Å².